The molecule has 0 aromatic carbocycles. The number of aromatic nitrogens is 1. The Morgan fingerprint density at radius 1 is 1.62 bits per heavy atom. The van der Waals surface area contributed by atoms with E-state index in [2.05, 4.69) is 11.2 Å². The third kappa shape index (κ3) is 5.17. The summed E-state index contributed by atoms with van der Waals surface area (Å²) < 4.78 is 1.76. The molecule has 1 heterocycles. The Bertz CT molecular complexity index is 592. The zero-order valence-corrected chi connectivity index (χ0v) is 12.5. The molecule has 1 atom stereocenters. The Labute approximate surface area is 127 Å². The van der Waals surface area contributed by atoms with Gasteiger partial charge >= 0.3 is 5.97 Å². The number of aryl methyl sites for hydroxylation is 1. The Kier molecular flexibility index (Phi) is 6.85. The highest BCUT2D eigenvalue weighted by molar-refractivity contribution is 7.99. The fraction of sp³-hybridized carbons (Fsp3) is 0.429. The molecule has 3 N–H and O–H groups in total. The number of nitrogens with zero attached hydrogens (tertiary/aromatic N) is 1. The zero-order valence-electron chi connectivity index (χ0n) is 11.7. The van der Waals surface area contributed by atoms with Gasteiger partial charge in [-0.05, 0) is 6.92 Å². The largest absolute Gasteiger partial charge is 0.503 e. The summed E-state index contributed by atoms with van der Waals surface area (Å²) in [5.74, 6) is 2.21. The van der Waals surface area contributed by atoms with Crippen molar-refractivity contribution in [2.24, 2.45) is 0 Å². The van der Waals surface area contributed by atoms with Crippen LogP contribution in [0.5, 0.6) is 5.75 Å². The molecule has 1 rings (SSSR count). The van der Waals surface area contributed by atoms with Gasteiger partial charge in [0.15, 0.2) is 5.75 Å². The highest BCUT2D eigenvalue weighted by atomic mass is 32.2. The lowest BCUT2D eigenvalue weighted by Crippen LogP contribution is -2.39. The van der Waals surface area contributed by atoms with Crippen LogP contribution >= 0.6 is 11.8 Å². The number of terminal acetylenes is 1. The van der Waals surface area contributed by atoms with Gasteiger partial charge < -0.3 is 14.8 Å². The molecular formula is C14H18N2O4S. The predicted molar refractivity (Wildman–Crippen MR) is 82.7 cm³/mol. The van der Waals surface area contributed by atoms with Crippen molar-refractivity contribution in [2.75, 3.05) is 18.1 Å². The molecule has 7 heteroatoms. The second-order valence-corrected chi connectivity index (χ2v) is 5.51. The fourth-order valence-corrected chi connectivity index (χ4v) is 2.66. The number of rotatable bonds is 8. The Morgan fingerprint density at radius 2 is 2.33 bits per heavy atom. The standard InChI is InChI=1S/C14H18N2O4S/c1-3-5-15-11(14(19)20)9-21-8-7-16-6-4-12(17)13(18)10(16)2/h1,4,6,11,15,18H,5,7-9H2,2H3,(H,19,20)/t11-/m1/s1. The van der Waals surface area contributed by atoms with Crippen molar-refractivity contribution in [3.05, 3.63) is 28.2 Å². The van der Waals surface area contributed by atoms with Crippen LogP contribution in [0.15, 0.2) is 17.1 Å². The Balaban J connectivity index is 2.47. The first-order valence-corrected chi connectivity index (χ1v) is 7.49. The van der Waals surface area contributed by atoms with E-state index < -0.39 is 17.4 Å². The molecule has 0 aliphatic heterocycles. The van der Waals surface area contributed by atoms with Crippen molar-refractivity contribution in [3.63, 3.8) is 0 Å². The molecule has 0 radical (unpaired) electrons. The highest BCUT2D eigenvalue weighted by Gasteiger charge is 2.15. The van der Waals surface area contributed by atoms with Crippen LogP contribution in [-0.4, -0.2) is 44.8 Å². The van der Waals surface area contributed by atoms with Gasteiger partial charge in [0, 0.05) is 30.3 Å². The van der Waals surface area contributed by atoms with Crippen LogP contribution in [0.1, 0.15) is 5.69 Å². The topological polar surface area (TPSA) is 91.6 Å². The van der Waals surface area contributed by atoms with Crippen LogP contribution < -0.4 is 10.7 Å². The van der Waals surface area contributed by atoms with Crippen molar-refractivity contribution in [2.45, 2.75) is 19.5 Å². The maximum absolute atomic E-state index is 11.2. The van der Waals surface area contributed by atoms with E-state index in [1.807, 2.05) is 0 Å². The van der Waals surface area contributed by atoms with Crippen molar-refractivity contribution < 1.29 is 15.0 Å². The first-order valence-electron chi connectivity index (χ1n) is 6.33. The normalized spacial score (nSPS) is 11.8. The number of carboxylic acids is 1. The third-order valence-electron chi connectivity index (χ3n) is 2.92. The molecule has 0 unspecified atom stereocenters. The molecule has 21 heavy (non-hydrogen) atoms. The van der Waals surface area contributed by atoms with Crippen molar-refractivity contribution in [1.82, 2.24) is 9.88 Å². The molecule has 0 aliphatic rings. The third-order valence-corrected chi connectivity index (χ3v) is 3.96. The average molecular weight is 310 g/mol. The van der Waals surface area contributed by atoms with E-state index in [9.17, 15) is 14.7 Å². The smallest absolute Gasteiger partial charge is 0.321 e. The van der Waals surface area contributed by atoms with E-state index in [1.54, 1.807) is 17.7 Å². The number of aliphatic carboxylic acids is 1. The summed E-state index contributed by atoms with van der Waals surface area (Å²) in [6.07, 6.45) is 6.70. The summed E-state index contributed by atoms with van der Waals surface area (Å²) >= 11 is 1.46. The summed E-state index contributed by atoms with van der Waals surface area (Å²) in [6.45, 7) is 2.45. The summed E-state index contributed by atoms with van der Waals surface area (Å²) in [5.41, 5.74) is 0.101. The predicted octanol–water partition coefficient (Wildman–Crippen LogP) is 0.272. The number of nitrogens with one attached hydrogen (secondary N) is 1. The van der Waals surface area contributed by atoms with E-state index in [0.29, 0.717) is 23.7 Å². The maximum Gasteiger partial charge on any atom is 0.321 e. The summed E-state index contributed by atoms with van der Waals surface area (Å²) in [5, 5.41) is 21.3. The van der Waals surface area contributed by atoms with Crippen LogP contribution in [-0.2, 0) is 11.3 Å². The summed E-state index contributed by atoms with van der Waals surface area (Å²) in [4.78, 5) is 22.2. The Morgan fingerprint density at radius 3 is 2.95 bits per heavy atom. The van der Waals surface area contributed by atoms with Gasteiger partial charge in [0.05, 0.1) is 12.2 Å². The summed E-state index contributed by atoms with van der Waals surface area (Å²) in [6, 6.07) is 0.621. The first-order chi connectivity index (χ1) is 9.97. The molecule has 1 aromatic rings. The quantitative estimate of drug-likeness (QED) is 0.472. The number of aromatic hydroxyl groups is 1. The molecular weight excluding hydrogens is 292 g/mol. The lowest BCUT2D eigenvalue weighted by atomic mass is 10.3. The molecule has 0 amide bonds. The Hall–Kier alpha value is -1.91. The number of hydrogen-bond donors (Lipinski definition) is 3. The van der Waals surface area contributed by atoms with Gasteiger partial charge in [-0.2, -0.15) is 11.8 Å². The first kappa shape index (κ1) is 17.1. The van der Waals surface area contributed by atoms with Crippen LogP contribution in [0.25, 0.3) is 0 Å². The monoisotopic (exact) mass is 310 g/mol. The number of pyridine rings is 1. The minimum Gasteiger partial charge on any atom is -0.503 e. The molecule has 1 aromatic heterocycles. The minimum absolute atomic E-state index is 0.213. The van der Waals surface area contributed by atoms with E-state index >= 15 is 0 Å². The number of thioether (sulfide) groups is 1. The molecule has 0 spiro atoms. The molecule has 0 saturated carbocycles. The molecule has 6 nitrogen and oxygen atoms in total. The minimum atomic E-state index is -0.935. The number of carbonyl (C=O) groups is 1. The second kappa shape index (κ2) is 8.39. The SMILES string of the molecule is C#CCN[C@H](CSCCn1ccc(=O)c(O)c1C)C(=O)O. The van der Waals surface area contributed by atoms with Gasteiger partial charge in [-0.1, -0.05) is 5.92 Å². The summed E-state index contributed by atoms with van der Waals surface area (Å²) in [7, 11) is 0. The van der Waals surface area contributed by atoms with Gasteiger partial charge in [0.2, 0.25) is 5.43 Å². The van der Waals surface area contributed by atoms with E-state index in [0.717, 1.165) is 0 Å². The van der Waals surface area contributed by atoms with Crippen molar-refractivity contribution >= 4 is 17.7 Å². The average Bonchev–Trinajstić information content (AvgIpc) is 2.45. The molecule has 0 saturated heterocycles. The van der Waals surface area contributed by atoms with E-state index in [1.165, 1.54) is 17.8 Å². The van der Waals surface area contributed by atoms with Gasteiger partial charge in [0.1, 0.15) is 6.04 Å². The van der Waals surface area contributed by atoms with Crippen molar-refractivity contribution in [3.8, 4) is 18.1 Å². The van der Waals surface area contributed by atoms with Crippen LogP contribution in [0.3, 0.4) is 0 Å². The molecule has 0 bridgehead atoms. The van der Waals surface area contributed by atoms with Gasteiger partial charge in [-0.3, -0.25) is 14.9 Å². The van der Waals surface area contributed by atoms with Crippen LogP contribution in [0.4, 0.5) is 0 Å². The van der Waals surface area contributed by atoms with Crippen LogP contribution in [0.2, 0.25) is 0 Å². The van der Waals surface area contributed by atoms with E-state index in [-0.39, 0.29) is 12.3 Å². The van der Waals surface area contributed by atoms with Gasteiger partial charge in [0.25, 0.3) is 0 Å². The fourth-order valence-electron chi connectivity index (χ4n) is 1.67. The molecule has 0 fully saturated rings. The van der Waals surface area contributed by atoms with Crippen molar-refractivity contribution in [1.29, 1.82) is 0 Å². The maximum atomic E-state index is 11.2. The van der Waals surface area contributed by atoms with E-state index in [4.69, 9.17) is 11.5 Å². The zero-order chi connectivity index (χ0) is 15.8. The second-order valence-electron chi connectivity index (χ2n) is 4.36. The molecule has 0 aliphatic carbocycles. The highest BCUT2D eigenvalue weighted by Crippen LogP contribution is 2.11. The number of hydrogen-bond acceptors (Lipinski definition) is 5. The lowest BCUT2D eigenvalue weighted by molar-refractivity contribution is -0.138. The van der Waals surface area contributed by atoms with Gasteiger partial charge in [-0.25, -0.2) is 0 Å². The lowest BCUT2D eigenvalue weighted by Gasteiger charge is -2.14. The van der Waals surface area contributed by atoms with Crippen LogP contribution in [0, 0.1) is 19.3 Å². The molecule has 114 valence electrons. The number of carboxylic acid groups (broad SMARTS) is 1. The van der Waals surface area contributed by atoms with Gasteiger partial charge in [-0.15, -0.1) is 6.42 Å².